The highest BCUT2D eigenvalue weighted by Crippen LogP contribution is 2.32. The van der Waals surface area contributed by atoms with Crippen LogP contribution in [-0.4, -0.2) is 15.5 Å². The molecule has 0 saturated carbocycles. The van der Waals surface area contributed by atoms with Gasteiger partial charge in [0.2, 0.25) is 5.56 Å². The van der Waals surface area contributed by atoms with Gasteiger partial charge in [-0.2, -0.15) is 5.26 Å². The number of nitriles is 1. The topological polar surface area (TPSA) is 78.4 Å². The van der Waals surface area contributed by atoms with E-state index in [9.17, 15) is 10.0 Å². The van der Waals surface area contributed by atoms with E-state index in [2.05, 4.69) is 17.3 Å². The maximum atomic E-state index is 11.7. The molecule has 0 amide bonds. The van der Waals surface area contributed by atoms with E-state index in [-0.39, 0.29) is 11.5 Å². The first-order valence-corrected chi connectivity index (χ1v) is 8.97. The third-order valence-electron chi connectivity index (χ3n) is 4.94. The molecule has 0 bridgehead atoms. The number of benzene rings is 2. The van der Waals surface area contributed by atoms with Gasteiger partial charge >= 0.3 is 0 Å². The molecule has 0 aliphatic heterocycles. The zero-order valence-corrected chi connectivity index (χ0v) is 15.8. The minimum absolute atomic E-state index is 0.0583. The maximum absolute atomic E-state index is 11.7. The molecule has 3 rings (SSSR count). The molecule has 5 heteroatoms. The summed E-state index contributed by atoms with van der Waals surface area (Å²) < 4.78 is 1.46. The Morgan fingerprint density at radius 3 is 2.46 bits per heavy atom. The number of nitrogens with zero attached hydrogens (tertiary/aromatic N) is 3. The molecule has 28 heavy (non-hydrogen) atoms. The zero-order valence-electron chi connectivity index (χ0n) is 15.8. The molecule has 0 aliphatic rings. The predicted octanol–water partition coefficient (Wildman–Crippen LogP) is 3.97. The quantitative estimate of drug-likeness (QED) is 0.419. The van der Waals surface area contributed by atoms with Gasteiger partial charge in [-0.3, -0.25) is 4.79 Å². The molecule has 1 heterocycles. The van der Waals surface area contributed by atoms with Crippen LogP contribution in [0.1, 0.15) is 40.2 Å². The summed E-state index contributed by atoms with van der Waals surface area (Å²) in [6.07, 6.45) is 2.12. The van der Waals surface area contributed by atoms with Crippen molar-refractivity contribution in [3.63, 3.8) is 0 Å². The first kappa shape index (κ1) is 19.1. The van der Waals surface area contributed by atoms with E-state index < -0.39 is 0 Å². The van der Waals surface area contributed by atoms with Crippen molar-refractivity contribution in [1.82, 2.24) is 4.57 Å². The van der Waals surface area contributed by atoms with Gasteiger partial charge in [-0.15, -0.1) is 0 Å². The second-order valence-electron chi connectivity index (χ2n) is 6.76. The van der Waals surface area contributed by atoms with Crippen molar-refractivity contribution in [2.75, 3.05) is 0 Å². The Kier molecular flexibility index (Phi) is 5.71. The number of oxime groups is 1. The standard InChI is InChI=1S/C23H21N3O2/c1-16-5-3-4-6-20(16)21(18-9-7-17(14-24)8-10-18)13-22(25-28)19-11-12-23(27)26(2)15-19/h3-12,15,21,28H,13H2,1-2H3/b25-22+/t21-/m1/s1. The predicted molar refractivity (Wildman–Crippen MR) is 109 cm³/mol. The van der Waals surface area contributed by atoms with Crippen molar-refractivity contribution in [3.05, 3.63) is 105 Å². The Morgan fingerprint density at radius 1 is 1.14 bits per heavy atom. The van der Waals surface area contributed by atoms with Gasteiger partial charge in [0.15, 0.2) is 0 Å². The normalized spacial score (nSPS) is 12.4. The van der Waals surface area contributed by atoms with Crippen LogP contribution < -0.4 is 5.56 Å². The highest BCUT2D eigenvalue weighted by molar-refractivity contribution is 6.00. The molecule has 0 radical (unpaired) electrons. The smallest absolute Gasteiger partial charge is 0.250 e. The SMILES string of the molecule is Cc1ccccc1[C@H](C/C(=N\O)c1ccc(=O)n(C)c1)c1ccc(C#N)cc1. The fraction of sp³-hybridized carbons (Fsp3) is 0.174. The lowest BCUT2D eigenvalue weighted by atomic mass is 9.83. The van der Waals surface area contributed by atoms with E-state index in [1.807, 2.05) is 37.3 Å². The lowest BCUT2D eigenvalue weighted by Crippen LogP contribution is -2.18. The van der Waals surface area contributed by atoms with E-state index in [1.165, 1.54) is 10.6 Å². The molecule has 1 atom stereocenters. The molecule has 1 N–H and O–H groups in total. The Labute approximate surface area is 163 Å². The molecule has 0 aliphatic carbocycles. The Bertz CT molecular complexity index is 1110. The number of pyridine rings is 1. The fourth-order valence-corrected chi connectivity index (χ4v) is 3.35. The lowest BCUT2D eigenvalue weighted by molar-refractivity contribution is 0.317. The van der Waals surface area contributed by atoms with Crippen LogP contribution in [0.2, 0.25) is 0 Å². The van der Waals surface area contributed by atoms with Crippen LogP contribution in [0.3, 0.4) is 0 Å². The van der Waals surface area contributed by atoms with Crippen molar-refractivity contribution < 1.29 is 5.21 Å². The highest BCUT2D eigenvalue weighted by Gasteiger charge is 2.20. The number of hydrogen-bond donors (Lipinski definition) is 1. The summed E-state index contributed by atoms with van der Waals surface area (Å²) in [7, 11) is 1.67. The van der Waals surface area contributed by atoms with Crippen molar-refractivity contribution in [2.45, 2.75) is 19.3 Å². The van der Waals surface area contributed by atoms with Crippen LogP contribution in [-0.2, 0) is 7.05 Å². The van der Waals surface area contributed by atoms with Gasteiger partial charge in [0.1, 0.15) is 0 Å². The van der Waals surface area contributed by atoms with Gasteiger partial charge < -0.3 is 9.77 Å². The second kappa shape index (κ2) is 8.36. The first-order chi connectivity index (χ1) is 13.5. The molecule has 2 aromatic carbocycles. The Hall–Kier alpha value is -3.65. The van der Waals surface area contributed by atoms with Gasteiger partial charge in [0.05, 0.1) is 17.3 Å². The molecule has 0 saturated heterocycles. The second-order valence-corrected chi connectivity index (χ2v) is 6.76. The minimum atomic E-state index is -0.122. The summed E-state index contributed by atoms with van der Waals surface area (Å²) in [5, 5.41) is 22.3. The third kappa shape index (κ3) is 4.02. The monoisotopic (exact) mass is 371 g/mol. The van der Waals surface area contributed by atoms with Crippen LogP contribution in [0.5, 0.6) is 0 Å². The van der Waals surface area contributed by atoms with E-state index >= 15 is 0 Å². The van der Waals surface area contributed by atoms with Gasteiger partial charge in [0, 0.05) is 37.2 Å². The van der Waals surface area contributed by atoms with E-state index in [4.69, 9.17) is 5.26 Å². The molecule has 3 aromatic rings. The first-order valence-electron chi connectivity index (χ1n) is 8.97. The maximum Gasteiger partial charge on any atom is 0.250 e. The van der Waals surface area contributed by atoms with Crippen LogP contribution in [0.25, 0.3) is 0 Å². The molecule has 0 fully saturated rings. The van der Waals surface area contributed by atoms with E-state index in [1.54, 1.807) is 31.4 Å². The summed E-state index contributed by atoms with van der Waals surface area (Å²) >= 11 is 0. The lowest BCUT2D eigenvalue weighted by Gasteiger charge is -2.21. The summed E-state index contributed by atoms with van der Waals surface area (Å²) in [6, 6.07) is 20.8. The van der Waals surface area contributed by atoms with Crippen molar-refractivity contribution >= 4 is 5.71 Å². The number of hydrogen-bond acceptors (Lipinski definition) is 4. The van der Waals surface area contributed by atoms with Crippen molar-refractivity contribution in [3.8, 4) is 6.07 Å². The van der Waals surface area contributed by atoms with Gasteiger partial charge in [-0.1, -0.05) is 41.6 Å². The highest BCUT2D eigenvalue weighted by atomic mass is 16.4. The van der Waals surface area contributed by atoms with Gasteiger partial charge in [-0.05, 0) is 41.8 Å². The van der Waals surface area contributed by atoms with E-state index in [0.29, 0.717) is 23.3 Å². The minimum Gasteiger partial charge on any atom is -0.411 e. The molecular weight excluding hydrogens is 350 g/mol. The fourth-order valence-electron chi connectivity index (χ4n) is 3.35. The summed E-state index contributed by atoms with van der Waals surface area (Å²) in [5.41, 5.74) is 4.95. The average molecular weight is 371 g/mol. The van der Waals surface area contributed by atoms with Crippen molar-refractivity contribution in [2.24, 2.45) is 12.2 Å². The number of rotatable bonds is 5. The summed E-state index contributed by atoms with van der Waals surface area (Å²) in [4.78, 5) is 11.7. The van der Waals surface area contributed by atoms with Gasteiger partial charge in [0.25, 0.3) is 0 Å². The molecule has 1 aromatic heterocycles. The molecule has 140 valence electrons. The molecular formula is C23H21N3O2. The molecule has 0 spiro atoms. The molecule has 5 nitrogen and oxygen atoms in total. The van der Waals surface area contributed by atoms with Gasteiger partial charge in [-0.25, -0.2) is 0 Å². The summed E-state index contributed by atoms with van der Waals surface area (Å²) in [6.45, 7) is 2.05. The molecule has 0 unspecified atom stereocenters. The Balaban J connectivity index is 2.05. The van der Waals surface area contributed by atoms with Crippen LogP contribution >= 0.6 is 0 Å². The number of aromatic nitrogens is 1. The number of aryl methyl sites for hydroxylation is 2. The van der Waals surface area contributed by atoms with E-state index in [0.717, 1.165) is 16.7 Å². The largest absolute Gasteiger partial charge is 0.411 e. The van der Waals surface area contributed by atoms with Crippen LogP contribution in [0.15, 0.2) is 76.8 Å². The zero-order chi connectivity index (χ0) is 20.1. The average Bonchev–Trinajstić information content (AvgIpc) is 2.72. The van der Waals surface area contributed by atoms with Crippen LogP contribution in [0.4, 0.5) is 0 Å². The summed E-state index contributed by atoms with van der Waals surface area (Å²) in [5.74, 6) is -0.0583. The van der Waals surface area contributed by atoms with Crippen LogP contribution in [0, 0.1) is 18.3 Å². The Morgan fingerprint density at radius 2 is 1.86 bits per heavy atom. The van der Waals surface area contributed by atoms with Crippen molar-refractivity contribution in [1.29, 1.82) is 5.26 Å². The third-order valence-corrected chi connectivity index (χ3v) is 4.94.